The topological polar surface area (TPSA) is 241 Å². The van der Waals surface area contributed by atoms with Gasteiger partial charge in [0.15, 0.2) is 34.5 Å². The molecule has 0 saturated heterocycles. The zero-order valence-corrected chi connectivity index (χ0v) is 30.9. The van der Waals surface area contributed by atoms with Crippen LogP contribution in [0.2, 0.25) is 0 Å². The number of rotatable bonds is 15. The molecule has 0 aliphatic heterocycles. The van der Waals surface area contributed by atoms with Crippen molar-refractivity contribution in [2.75, 3.05) is 62.5 Å². The molecular weight excluding hydrogens is 756 g/mol. The summed E-state index contributed by atoms with van der Waals surface area (Å²) in [6, 6.07) is 11.9. The van der Waals surface area contributed by atoms with Crippen LogP contribution in [0.3, 0.4) is 0 Å². The number of carbonyl (C=O) groups is 6. The second-order valence-corrected chi connectivity index (χ2v) is 11.0. The lowest BCUT2D eigenvalue weighted by Crippen LogP contribution is -2.37. The van der Waals surface area contributed by atoms with Crippen molar-refractivity contribution in [2.24, 2.45) is 5.41 Å². The summed E-state index contributed by atoms with van der Waals surface area (Å²) in [7, 11) is 8.17. The Hall–Kier alpha value is -7.32. The first-order chi connectivity index (χ1) is 26.8. The van der Waals surface area contributed by atoms with Crippen molar-refractivity contribution in [2.45, 2.75) is 6.92 Å². The maximum Gasteiger partial charge on any atom is 0.549 e. The first-order valence-electron chi connectivity index (χ1n) is 15.6. The number of carbonyl (C=O) groups excluding carboxylic acids is 6. The van der Waals surface area contributed by atoms with E-state index in [2.05, 4.69) is 29.3 Å². The number of ether oxygens (including phenoxy) is 9. The van der Waals surface area contributed by atoms with Gasteiger partial charge in [-0.2, -0.15) is 14.4 Å². The van der Waals surface area contributed by atoms with Crippen LogP contribution in [0.1, 0.15) is 38.0 Å². The summed E-state index contributed by atoms with van der Waals surface area (Å²) in [6.07, 6.45) is -4.66. The average molecular weight is 793 g/mol. The van der Waals surface area contributed by atoms with Gasteiger partial charge in [0.25, 0.3) is 0 Å². The lowest BCUT2D eigenvalue weighted by molar-refractivity contribution is -0.216. The van der Waals surface area contributed by atoms with Gasteiger partial charge in [0.05, 0.1) is 64.8 Å². The van der Waals surface area contributed by atoms with E-state index >= 15 is 0 Å². The standard InChI is InChI=1S/C35H36O21/c1-35(17-48-32(39)54-51-29(36)20-8-11-23(42-2)26(14-20)45-5,18-49-33(40)55-52-30(37)21-9-12-24(43-3)27(15-21)46-6)19-50-34(41)56-53-31(38)22-10-13-25(44-4)28(16-22)47-7/h8-16H,17-19H2,1-7H3. The lowest BCUT2D eigenvalue weighted by Gasteiger charge is -2.26. The molecule has 3 rings (SSSR count). The quantitative estimate of drug-likeness (QED) is 0.0867. The Kier molecular flexibility index (Phi) is 16.0. The van der Waals surface area contributed by atoms with E-state index in [0.717, 1.165) is 0 Å². The van der Waals surface area contributed by atoms with Crippen LogP contribution in [0.5, 0.6) is 34.5 Å². The molecular formula is C35H36O21. The van der Waals surface area contributed by atoms with Crippen LogP contribution in [0, 0.1) is 5.41 Å². The van der Waals surface area contributed by atoms with Crippen molar-refractivity contribution < 1.29 is 101 Å². The van der Waals surface area contributed by atoms with Gasteiger partial charge in [0.1, 0.15) is 19.8 Å². The van der Waals surface area contributed by atoms with Crippen molar-refractivity contribution in [3.05, 3.63) is 71.3 Å². The molecule has 0 amide bonds. The summed E-state index contributed by atoms with van der Waals surface area (Å²) in [6.45, 7) is -0.979. The van der Waals surface area contributed by atoms with Crippen LogP contribution in [-0.4, -0.2) is 98.9 Å². The predicted octanol–water partition coefficient (Wildman–Crippen LogP) is 4.82. The van der Waals surface area contributed by atoms with Crippen molar-refractivity contribution >= 4 is 36.4 Å². The molecule has 0 N–H and O–H groups in total. The number of hydrogen-bond donors (Lipinski definition) is 0. The average Bonchev–Trinajstić information content (AvgIpc) is 3.23. The Morgan fingerprint density at radius 2 is 0.643 bits per heavy atom. The van der Waals surface area contributed by atoms with Crippen molar-refractivity contribution in [1.29, 1.82) is 0 Å². The summed E-state index contributed by atoms with van der Waals surface area (Å²) in [5.41, 5.74) is -1.90. The fourth-order valence-corrected chi connectivity index (χ4v) is 4.15. The minimum absolute atomic E-state index is 0.0854. The highest BCUT2D eigenvalue weighted by atomic mass is 17.2. The Morgan fingerprint density at radius 1 is 0.393 bits per heavy atom. The Labute approximate surface area is 317 Å². The van der Waals surface area contributed by atoms with Gasteiger partial charge in [-0.25, -0.2) is 43.7 Å². The van der Waals surface area contributed by atoms with Gasteiger partial charge in [0.2, 0.25) is 0 Å². The maximum atomic E-state index is 12.4. The van der Waals surface area contributed by atoms with Gasteiger partial charge >= 0.3 is 36.4 Å². The molecule has 56 heavy (non-hydrogen) atoms. The van der Waals surface area contributed by atoms with Crippen molar-refractivity contribution in [1.82, 2.24) is 0 Å². The molecule has 3 aromatic carbocycles. The Balaban J connectivity index is 1.61. The molecule has 0 heterocycles. The zero-order valence-electron chi connectivity index (χ0n) is 30.9. The molecule has 302 valence electrons. The smallest absolute Gasteiger partial charge is 0.493 e. The Morgan fingerprint density at radius 3 is 0.875 bits per heavy atom. The van der Waals surface area contributed by atoms with E-state index in [0.29, 0.717) is 17.2 Å². The third-order valence-electron chi connectivity index (χ3n) is 7.03. The predicted molar refractivity (Wildman–Crippen MR) is 180 cm³/mol. The summed E-state index contributed by atoms with van der Waals surface area (Å²) >= 11 is 0. The molecule has 0 radical (unpaired) electrons. The SMILES string of the molecule is COc1ccc(C(=O)OOC(=O)OCC(C)(COC(=O)OOC(=O)c2ccc(OC)c(OC)c2)COC(=O)OOC(=O)c2ccc(OC)c(OC)c2)cc1OC. The zero-order chi connectivity index (χ0) is 41.3. The largest absolute Gasteiger partial charge is 0.549 e. The van der Waals surface area contributed by atoms with E-state index in [4.69, 9.17) is 42.6 Å². The monoisotopic (exact) mass is 792 g/mol. The summed E-state index contributed by atoms with van der Waals surface area (Å²) in [5.74, 6) is -1.86. The van der Waals surface area contributed by atoms with Crippen LogP contribution >= 0.6 is 0 Å². The normalized spacial score (nSPS) is 10.3. The second-order valence-electron chi connectivity index (χ2n) is 11.0. The van der Waals surface area contributed by atoms with E-state index < -0.39 is 61.6 Å². The second kappa shape index (κ2) is 20.8. The molecule has 21 nitrogen and oxygen atoms in total. The van der Waals surface area contributed by atoms with Gasteiger partial charge in [-0.05, 0) is 61.5 Å². The fraction of sp³-hybridized carbons (Fsp3) is 0.314. The molecule has 3 aromatic rings. The molecule has 0 atom stereocenters. The molecule has 0 aromatic heterocycles. The molecule has 21 heteroatoms. The molecule has 0 spiro atoms. The van der Waals surface area contributed by atoms with Gasteiger partial charge in [0, 0.05) is 0 Å². The first-order valence-corrected chi connectivity index (χ1v) is 15.6. The van der Waals surface area contributed by atoms with Crippen LogP contribution in [0.15, 0.2) is 54.6 Å². The summed E-state index contributed by atoms with van der Waals surface area (Å²) in [5, 5.41) is 0. The van der Waals surface area contributed by atoms with Crippen LogP contribution < -0.4 is 28.4 Å². The minimum atomic E-state index is -1.65. The van der Waals surface area contributed by atoms with Crippen LogP contribution in [0.4, 0.5) is 14.4 Å². The Bertz CT molecular complexity index is 1660. The molecule has 0 fully saturated rings. The highest BCUT2D eigenvalue weighted by Crippen LogP contribution is 2.30. The third kappa shape index (κ3) is 12.4. The van der Waals surface area contributed by atoms with E-state index in [1.54, 1.807) is 0 Å². The van der Waals surface area contributed by atoms with Gasteiger partial charge in [-0.15, -0.1) is 0 Å². The fourth-order valence-electron chi connectivity index (χ4n) is 4.15. The van der Waals surface area contributed by atoms with E-state index in [9.17, 15) is 28.8 Å². The molecule has 0 aliphatic carbocycles. The number of hydrogen-bond acceptors (Lipinski definition) is 21. The molecule has 0 saturated carbocycles. The molecule has 0 bridgehead atoms. The van der Waals surface area contributed by atoms with Gasteiger partial charge < -0.3 is 42.6 Å². The minimum Gasteiger partial charge on any atom is -0.493 e. The highest BCUT2D eigenvalue weighted by molar-refractivity contribution is 5.91. The number of benzene rings is 3. The maximum absolute atomic E-state index is 12.4. The van der Waals surface area contributed by atoms with E-state index in [1.165, 1.54) is 104 Å². The van der Waals surface area contributed by atoms with Gasteiger partial charge in [-0.3, -0.25) is 0 Å². The number of methoxy groups -OCH3 is 6. The first kappa shape index (κ1) is 43.1. The van der Waals surface area contributed by atoms with Crippen molar-refractivity contribution in [3.63, 3.8) is 0 Å². The molecule has 0 aliphatic rings. The van der Waals surface area contributed by atoms with Crippen molar-refractivity contribution in [3.8, 4) is 34.5 Å². The molecule has 0 unspecified atom stereocenters. The third-order valence-corrected chi connectivity index (χ3v) is 7.03. The lowest BCUT2D eigenvalue weighted by atomic mass is 9.94. The summed E-state index contributed by atoms with van der Waals surface area (Å²) < 4.78 is 45.5. The summed E-state index contributed by atoms with van der Waals surface area (Å²) in [4.78, 5) is 101. The highest BCUT2D eigenvalue weighted by Gasteiger charge is 2.33. The van der Waals surface area contributed by atoms with Crippen LogP contribution in [0.25, 0.3) is 0 Å². The van der Waals surface area contributed by atoms with E-state index in [-0.39, 0.29) is 33.9 Å². The van der Waals surface area contributed by atoms with E-state index in [1.807, 2.05) is 0 Å². The van der Waals surface area contributed by atoms with Gasteiger partial charge in [-0.1, -0.05) is 0 Å². The van der Waals surface area contributed by atoms with Crippen LogP contribution in [-0.2, 0) is 43.5 Å².